The second kappa shape index (κ2) is 3.94. The van der Waals surface area contributed by atoms with E-state index in [2.05, 4.69) is 5.43 Å². The number of hydrazine groups is 1. The van der Waals surface area contributed by atoms with E-state index in [-0.39, 0.29) is 6.61 Å². The summed E-state index contributed by atoms with van der Waals surface area (Å²) in [6, 6.07) is 5.26. The smallest absolute Gasteiger partial charge is 0.119 e. The van der Waals surface area contributed by atoms with Crippen LogP contribution in [0, 0.1) is 0 Å². The molecule has 1 rings (SSSR count). The third-order valence-corrected chi connectivity index (χ3v) is 1.64. The first kappa shape index (κ1) is 8.83. The SMILES string of the molecule is COc1ccc(NN)c(CO)c1. The van der Waals surface area contributed by atoms with Crippen LogP contribution in [0.1, 0.15) is 5.56 Å². The Morgan fingerprint density at radius 2 is 2.33 bits per heavy atom. The molecule has 66 valence electrons. The third kappa shape index (κ3) is 1.66. The number of aliphatic hydroxyl groups excluding tert-OH is 1. The van der Waals surface area contributed by atoms with Gasteiger partial charge >= 0.3 is 0 Å². The Bertz CT molecular complexity index is 263. The number of aliphatic hydroxyl groups is 1. The van der Waals surface area contributed by atoms with Gasteiger partial charge in [0.2, 0.25) is 0 Å². The molecule has 0 fully saturated rings. The topological polar surface area (TPSA) is 67.5 Å². The standard InChI is InChI=1S/C8H12N2O2/c1-12-7-2-3-8(10-9)6(4-7)5-11/h2-4,10-11H,5,9H2,1H3. The first-order valence-corrected chi connectivity index (χ1v) is 3.56. The van der Waals surface area contributed by atoms with E-state index < -0.39 is 0 Å². The van der Waals surface area contributed by atoms with Gasteiger partial charge in [0.15, 0.2) is 0 Å². The van der Waals surface area contributed by atoms with Crippen LogP contribution in [0.5, 0.6) is 5.75 Å². The maximum atomic E-state index is 8.92. The lowest BCUT2D eigenvalue weighted by molar-refractivity contribution is 0.281. The molecular formula is C8H12N2O2. The van der Waals surface area contributed by atoms with Gasteiger partial charge in [0.1, 0.15) is 5.75 Å². The second-order valence-electron chi connectivity index (χ2n) is 2.33. The van der Waals surface area contributed by atoms with Gasteiger partial charge in [0, 0.05) is 5.56 Å². The molecule has 4 N–H and O–H groups in total. The number of nitrogen functional groups attached to an aromatic ring is 1. The van der Waals surface area contributed by atoms with Crippen molar-refractivity contribution in [2.75, 3.05) is 12.5 Å². The van der Waals surface area contributed by atoms with E-state index in [0.29, 0.717) is 11.4 Å². The zero-order chi connectivity index (χ0) is 8.97. The third-order valence-electron chi connectivity index (χ3n) is 1.64. The van der Waals surface area contributed by atoms with Crippen molar-refractivity contribution in [3.63, 3.8) is 0 Å². The van der Waals surface area contributed by atoms with Gasteiger partial charge in [-0.25, -0.2) is 0 Å². The molecule has 0 saturated heterocycles. The van der Waals surface area contributed by atoms with Crippen molar-refractivity contribution in [1.82, 2.24) is 0 Å². The molecular weight excluding hydrogens is 156 g/mol. The van der Waals surface area contributed by atoms with Gasteiger partial charge in [-0.05, 0) is 18.2 Å². The number of rotatable bonds is 3. The van der Waals surface area contributed by atoms with Gasteiger partial charge < -0.3 is 15.3 Å². The summed E-state index contributed by atoms with van der Waals surface area (Å²) in [6.07, 6.45) is 0. The molecule has 0 spiro atoms. The Hall–Kier alpha value is -1.26. The lowest BCUT2D eigenvalue weighted by Crippen LogP contribution is -2.09. The molecule has 0 heterocycles. The summed E-state index contributed by atoms with van der Waals surface area (Å²) in [5.41, 5.74) is 3.91. The molecule has 0 aliphatic carbocycles. The monoisotopic (exact) mass is 168 g/mol. The maximum Gasteiger partial charge on any atom is 0.119 e. The molecule has 0 saturated carbocycles. The quantitative estimate of drug-likeness (QED) is 0.453. The van der Waals surface area contributed by atoms with Crippen LogP contribution in [0.15, 0.2) is 18.2 Å². The molecule has 0 radical (unpaired) electrons. The van der Waals surface area contributed by atoms with Crippen LogP contribution in [-0.2, 0) is 6.61 Å². The number of benzene rings is 1. The first-order chi connectivity index (χ1) is 5.81. The van der Waals surface area contributed by atoms with Gasteiger partial charge in [-0.3, -0.25) is 5.84 Å². The molecule has 1 aromatic rings. The number of nitrogens with one attached hydrogen (secondary N) is 1. The summed E-state index contributed by atoms with van der Waals surface area (Å²) in [7, 11) is 1.58. The van der Waals surface area contributed by atoms with E-state index in [1.54, 1.807) is 25.3 Å². The van der Waals surface area contributed by atoms with Crippen molar-refractivity contribution in [2.45, 2.75) is 6.61 Å². The Labute approximate surface area is 70.9 Å². The Balaban J connectivity index is 3.02. The van der Waals surface area contributed by atoms with Gasteiger partial charge in [-0.2, -0.15) is 0 Å². The van der Waals surface area contributed by atoms with Crippen LogP contribution in [0.2, 0.25) is 0 Å². The summed E-state index contributed by atoms with van der Waals surface area (Å²) < 4.78 is 4.98. The summed E-state index contributed by atoms with van der Waals surface area (Å²) in [6.45, 7) is -0.0588. The highest BCUT2D eigenvalue weighted by molar-refractivity contribution is 5.53. The second-order valence-corrected chi connectivity index (χ2v) is 2.33. The van der Waals surface area contributed by atoms with Crippen LogP contribution < -0.4 is 16.0 Å². The van der Waals surface area contributed by atoms with Crippen molar-refractivity contribution in [2.24, 2.45) is 5.84 Å². The van der Waals surface area contributed by atoms with Crippen LogP contribution in [-0.4, -0.2) is 12.2 Å². The van der Waals surface area contributed by atoms with E-state index in [1.807, 2.05) is 0 Å². The lowest BCUT2D eigenvalue weighted by Gasteiger charge is -2.07. The minimum Gasteiger partial charge on any atom is -0.497 e. The van der Waals surface area contributed by atoms with Gasteiger partial charge in [0.05, 0.1) is 19.4 Å². The summed E-state index contributed by atoms with van der Waals surface area (Å²) >= 11 is 0. The van der Waals surface area contributed by atoms with E-state index in [9.17, 15) is 0 Å². The fourth-order valence-corrected chi connectivity index (χ4v) is 0.969. The largest absolute Gasteiger partial charge is 0.497 e. The van der Waals surface area contributed by atoms with Crippen molar-refractivity contribution >= 4 is 5.69 Å². The highest BCUT2D eigenvalue weighted by Gasteiger charge is 2.00. The molecule has 12 heavy (non-hydrogen) atoms. The van der Waals surface area contributed by atoms with Crippen LogP contribution in [0.3, 0.4) is 0 Å². The maximum absolute atomic E-state index is 8.92. The highest BCUT2D eigenvalue weighted by Crippen LogP contribution is 2.20. The van der Waals surface area contributed by atoms with Gasteiger partial charge in [0.25, 0.3) is 0 Å². The minimum absolute atomic E-state index is 0.0588. The van der Waals surface area contributed by atoms with Crippen molar-refractivity contribution in [3.8, 4) is 5.75 Å². The summed E-state index contributed by atoms with van der Waals surface area (Å²) in [4.78, 5) is 0. The van der Waals surface area contributed by atoms with Gasteiger partial charge in [-0.1, -0.05) is 0 Å². The minimum atomic E-state index is -0.0588. The fourth-order valence-electron chi connectivity index (χ4n) is 0.969. The molecule has 0 amide bonds. The van der Waals surface area contributed by atoms with Crippen LogP contribution in [0.25, 0.3) is 0 Å². The first-order valence-electron chi connectivity index (χ1n) is 3.56. The molecule has 4 nitrogen and oxygen atoms in total. The average molecular weight is 168 g/mol. The fraction of sp³-hybridized carbons (Fsp3) is 0.250. The molecule has 0 atom stereocenters. The molecule has 0 aliphatic rings. The number of anilines is 1. The average Bonchev–Trinajstić information content (AvgIpc) is 2.16. The molecule has 0 aliphatic heterocycles. The molecule has 4 heteroatoms. The van der Waals surface area contributed by atoms with Crippen molar-refractivity contribution in [3.05, 3.63) is 23.8 Å². The predicted molar refractivity (Wildman–Crippen MR) is 46.7 cm³/mol. The number of nitrogens with two attached hydrogens (primary N) is 1. The Morgan fingerprint density at radius 1 is 1.58 bits per heavy atom. The molecule has 0 bridgehead atoms. The zero-order valence-electron chi connectivity index (χ0n) is 6.87. The summed E-state index contributed by atoms with van der Waals surface area (Å²) in [5, 5.41) is 8.92. The summed E-state index contributed by atoms with van der Waals surface area (Å²) in [5.74, 6) is 5.92. The highest BCUT2D eigenvalue weighted by atomic mass is 16.5. The molecule has 1 aromatic carbocycles. The van der Waals surface area contributed by atoms with E-state index >= 15 is 0 Å². The van der Waals surface area contributed by atoms with Gasteiger partial charge in [-0.15, -0.1) is 0 Å². The van der Waals surface area contributed by atoms with E-state index in [1.165, 1.54) is 0 Å². The number of methoxy groups -OCH3 is 1. The molecule has 0 aromatic heterocycles. The Morgan fingerprint density at radius 3 is 2.83 bits per heavy atom. The number of hydrogen-bond acceptors (Lipinski definition) is 4. The van der Waals surface area contributed by atoms with Crippen LogP contribution >= 0.6 is 0 Å². The molecule has 0 unspecified atom stereocenters. The number of hydrogen-bond donors (Lipinski definition) is 3. The Kier molecular flexibility index (Phi) is 2.90. The normalized spacial score (nSPS) is 9.58. The van der Waals surface area contributed by atoms with Crippen LogP contribution in [0.4, 0.5) is 5.69 Å². The van der Waals surface area contributed by atoms with E-state index in [4.69, 9.17) is 15.7 Å². The lowest BCUT2D eigenvalue weighted by atomic mass is 10.2. The van der Waals surface area contributed by atoms with E-state index in [0.717, 1.165) is 5.56 Å². The zero-order valence-corrected chi connectivity index (χ0v) is 6.87. The van der Waals surface area contributed by atoms with Crippen molar-refractivity contribution in [1.29, 1.82) is 0 Å². The van der Waals surface area contributed by atoms with Crippen molar-refractivity contribution < 1.29 is 9.84 Å². The predicted octanol–water partition coefficient (Wildman–Crippen LogP) is 0.473. The number of ether oxygens (including phenoxy) is 1.